The standard InChI is InChI=1S/C14H23N3S/c1-8(2)10(4)18-14-9(3)12(15-5)16-13(17-14)11-6-7-11/h8,10-11H,6-7H2,1-5H3,(H,15,16,17). The van der Waals surface area contributed by atoms with Crippen molar-refractivity contribution >= 4 is 17.6 Å². The first-order valence-electron chi connectivity index (χ1n) is 6.75. The Bertz CT molecular complexity index is 427. The van der Waals surface area contributed by atoms with Gasteiger partial charge in [0.25, 0.3) is 0 Å². The van der Waals surface area contributed by atoms with Crippen LogP contribution in [0.5, 0.6) is 0 Å². The van der Waals surface area contributed by atoms with Gasteiger partial charge in [0.15, 0.2) is 0 Å². The summed E-state index contributed by atoms with van der Waals surface area (Å²) in [7, 11) is 1.94. The van der Waals surface area contributed by atoms with E-state index in [2.05, 4.69) is 38.0 Å². The predicted molar refractivity (Wildman–Crippen MR) is 78.4 cm³/mol. The van der Waals surface area contributed by atoms with Crippen molar-refractivity contribution in [1.82, 2.24) is 9.97 Å². The number of nitrogens with one attached hydrogen (secondary N) is 1. The van der Waals surface area contributed by atoms with E-state index >= 15 is 0 Å². The van der Waals surface area contributed by atoms with Crippen LogP contribution < -0.4 is 5.32 Å². The number of hydrogen-bond acceptors (Lipinski definition) is 4. The molecule has 3 nitrogen and oxygen atoms in total. The van der Waals surface area contributed by atoms with Crippen molar-refractivity contribution in [3.8, 4) is 0 Å². The molecule has 18 heavy (non-hydrogen) atoms. The minimum Gasteiger partial charge on any atom is -0.373 e. The first-order valence-corrected chi connectivity index (χ1v) is 7.63. The van der Waals surface area contributed by atoms with E-state index in [1.54, 1.807) is 0 Å². The van der Waals surface area contributed by atoms with Gasteiger partial charge in [-0.25, -0.2) is 9.97 Å². The number of hydrogen-bond donors (Lipinski definition) is 1. The van der Waals surface area contributed by atoms with E-state index < -0.39 is 0 Å². The molecular weight excluding hydrogens is 242 g/mol. The Hall–Kier alpha value is -0.770. The van der Waals surface area contributed by atoms with Gasteiger partial charge in [-0.15, -0.1) is 11.8 Å². The van der Waals surface area contributed by atoms with Gasteiger partial charge >= 0.3 is 0 Å². The fourth-order valence-electron chi connectivity index (χ4n) is 1.71. The normalized spacial score (nSPS) is 17.0. The van der Waals surface area contributed by atoms with Gasteiger partial charge in [-0.3, -0.25) is 0 Å². The average Bonchev–Trinajstić information content (AvgIpc) is 3.15. The molecule has 100 valence electrons. The van der Waals surface area contributed by atoms with Crippen LogP contribution in [0.15, 0.2) is 5.03 Å². The van der Waals surface area contributed by atoms with Crippen LogP contribution >= 0.6 is 11.8 Å². The maximum atomic E-state index is 4.78. The van der Waals surface area contributed by atoms with Gasteiger partial charge in [0.05, 0.1) is 0 Å². The summed E-state index contributed by atoms with van der Waals surface area (Å²) < 4.78 is 0. The topological polar surface area (TPSA) is 37.8 Å². The van der Waals surface area contributed by atoms with Crippen molar-refractivity contribution in [3.05, 3.63) is 11.4 Å². The molecule has 1 aliphatic carbocycles. The van der Waals surface area contributed by atoms with Gasteiger partial charge in [-0.2, -0.15) is 0 Å². The Morgan fingerprint density at radius 3 is 2.39 bits per heavy atom. The summed E-state index contributed by atoms with van der Waals surface area (Å²) in [5.41, 5.74) is 1.18. The van der Waals surface area contributed by atoms with Gasteiger partial charge in [-0.05, 0) is 25.7 Å². The van der Waals surface area contributed by atoms with E-state index in [0.29, 0.717) is 17.1 Å². The zero-order valence-electron chi connectivity index (χ0n) is 11.9. The monoisotopic (exact) mass is 265 g/mol. The number of anilines is 1. The lowest BCUT2D eigenvalue weighted by Gasteiger charge is -2.17. The fraction of sp³-hybridized carbons (Fsp3) is 0.714. The molecule has 0 amide bonds. The van der Waals surface area contributed by atoms with Crippen molar-refractivity contribution in [3.63, 3.8) is 0 Å². The zero-order valence-corrected chi connectivity index (χ0v) is 12.8. The molecule has 1 saturated carbocycles. The third kappa shape index (κ3) is 2.97. The Morgan fingerprint density at radius 1 is 1.22 bits per heavy atom. The Labute approximate surface area is 114 Å². The average molecular weight is 265 g/mol. The van der Waals surface area contributed by atoms with Gasteiger partial charge in [0.1, 0.15) is 16.7 Å². The smallest absolute Gasteiger partial charge is 0.135 e. The molecule has 0 saturated heterocycles. The van der Waals surface area contributed by atoms with Gasteiger partial charge in [0.2, 0.25) is 0 Å². The van der Waals surface area contributed by atoms with E-state index in [0.717, 1.165) is 16.7 Å². The summed E-state index contributed by atoms with van der Waals surface area (Å²) in [6.45, 7) is 8.90. The van der Waals surface area contributed by atoms with Crippen LogP contribution in [0.1, 0.15) is 50.9 Å². The molecule has 0 aromatic carbocycles. The fourth-order valence-corrected chi connectivity index (χ4v) is 2.75. The molecule has 0 aliphatic heterocycles. The van der Waals surface area contributed by atoms with Crippen LogP contribution in [0.4, 0.5) is 5.82 Å². The second kappa shape index (κ2) is 5.47. The van der Waals surface area contributed by atoms with Crippen molar-refractivity contribution in [2.45, 2.75) is 56.7 Å². The molecule has 1 aromatic heterocycles. The van der Waals surface area contributed by atoms with Gasteiger partial charge < -0.3 is 5.32 Å². The molecule has 1 atom stereocenters. The van der Waals surface area contributed by atoms with E-state index in [4.69, 9.17) is 4.98 Å². The Balaban J connectivity index is 2.29. The van der Waals surface area contributed by atoms with Gasteiger partial charge in [-0.1, -0.05) is 20.8 Å². The first kappa shape index (κ1) is 13.7. The highest BCUT2D eigenvalue weighted by molar-refractivity contribution is 7.99. The Morgan fingerprint density at radius 2 is 1.89 bits per heavy atom. The third-order valence-electron chi connectivity index (χ3n) is 3.53. The predicted octanol–water partition coefficient (Wildman–Crippen LogP) is 3.84. The highest BCUT2D eigenvalue weighted by atomic mass is 32.2. The van der Waals surface area contributed by atoms with Crippen molar-refractivity contribution in [2.75, 3.05) is 12.4 Å². The summed E-state index contributed by atoms with van der Waals surface area (Å²) >= 11 is 1.88. The van der Waals surface area contributed by atoms with Crippen LogP contribution in [0.2, 0.25) is 0 Å². The summed E-state index contributed by atoms with van der Waals surface area (Å²) in [6, 6.07) is 0. The SMILES string of the molecule is CNc1nc(C2CC2)nc(SC(C)C(C)C)c1C. The van der Waals surface area contributed by atoms with Crippen LogP contribution in [0.25, 0.3) is 0 Å². The molecule has 1 fully saturated rings. The lowest BCUT2D eigenvalue weighted by molar-refractivity contribution is 0.641. The van der Waals surface area contributed by atoms with Crippen LogP contribution in [0.3, 0.4) is 0 Å². The van der Waals surface area contributed by atoms with E-state index in [1.807, 2.05) is 18.8 Å². The Kier molecular flexibility index (Phi) is 4.15. The zero-order chi connectivity index (χ0) is 13.3. The molecule has 0 spiro atoms. The molecule has 1 unspecified atom stereocenters. The second-order valence-electron chi connectivity index (χ2n) is 5.45. The maximum absolute atomic E-state index is 4.78. The van der Waals surface area contributed by atoms with Gasteiger partial charge in [0, 0.05) is 23.8 Å². The highest BCUT2D eigenvalue weighted by Crippen LogP contribution is 2.40. The quantitative estimate of drug-likeness (QED) is 0.648. The van der Waals surface area contributed by atoms with Crippen LogP contribution in [-0.4, -0.2) is 22.3 Å². The lowest BCUT2D eigenvalue weighted by Crippen LogP contribution is -2.09. The summed E-state index contributed by atoms with van der Waals surface area (Å²) in [4.78, 5) is 9.41. The van der Waals surface area contributed by atoms with Crippen molar-refractivity contribution in [1.29, 1.82) is 0 Å². The minimum absolute atomic E-state index is 0.579. The van der Waals surface area contributed by atoms with E-state index in [1.165, 1.54) is 18.4 Å². The van der Waals surface area contributed by atoms with E-state index in [9.17, 15) is 0 Å². The van der Waals surface area contributed by atoms with Crippen molar-refractivity contribution in [2.24, 2.45) is 5.92 Å². The second-order valence-corrected chi connectivity index (χ2v) is 6.82. The first-order chi connectivity index (χ1) is 8.52. The summed E-state index contributed by atoms with van der Waals surface area (Å²) in [5.74, 6) is 3.28. The summed E-state index contributed by atoms with van der Waals surface area (Å²) in [6.07, 6.45) is 2.49. The molecule has 1 aromatic rings. The largest absolute Gasteiger partial charge is 0.373 e. The van der Waals surface area contributed by atoms with Crippen molar-refractivity contribution < 1.29 is 0 Å². The molecule has 0 bridgehead atoms. The highest BCUT2D eigenvalue weighted by Gasteiger charge is 2.28. The molecule has 1 heterocycles. The number of nitrogens with zero attached hydrogens (tertiary/aromatic N) is 2. The minimum atomic E-state index is 0.579. The molecule has 1 aliphatic rings. The molecule has 4 heteroatoms. The van der Waals surface area contributed by atoms with Crippen LogP contribution in [-0.2, 0) is 0 Å². The molecule has 0 radical (unpaired) electrons. The van der Waals surface area contributed by atoms with E-state index in [-0.39, 0.29) is 0 Å². The lowest BCUT2D eigenvalue weighted by atomic mass is 10.2. The number of rotatable bonds is 5. The van der Waals surface area contributed by atoms with Crippen LogP contribution in [0, 0.1) is 12.8 Å². The molecule has 2 rings (SSSR count). The number of aromatic nitrogens is 2. The molecular formula is C14H23N3S. The maximum Gasteiger partial charge on any atom is 0.135 e. The third-order valence-corrected chi connectivity index (χ3v) is 5.07. The molecule has 1 N–H and O–H groups in total. The number of thioether (sulfide) groups is 1. The summed E-state index contributed by atoms with van der Waals surface area (Å²) in [5, 5.41) is 4.93.